The third-order valence-corrected chi connectivity index (χ3v) is 3.42. The summed E-state index contributed by atoms with van der Waals surface area (Å²) in [6.45, 7) is 1.65. The maximum atomic E-state index is 10.6. The van der Waals surface area contributed by atoms with E-state index in [-0.39, 0.29) is 11.4 Å². The highest BCUT2D eigenvalue weighted by atomic mass is 16.6. The second-order valence-electron chi connectivity index (χ2n) is 4.92. The van der Waals surface area contributed by atoms with E-state index in [0.29, 0.717) is 11.5 Å². The predicted octanol–water partition coefficient (Wildman–Crippen LogP) is 1.44. The topological polar surface area (TPSA) is 120 Å². The molecule has 114 valence electrons. The molecule has 8 heteroatoms. The second kappa shape index (κ2) is 7.17. The lowest BCUT2D eigenvalue weighted by molar-refractivity contribution is -0.536. The molecule has 0 amide bonds. The molecule has 1 aliphatic rings. The first-order chi connectivity index (χ1) is 10.6. The highest BCUT2D eigenvalue weighted by Gasteiger charge is 2.18. The number of nitro benzene ring substituents is 1. The molecule has 0 aromatic heterocycles. The van der Waals surface area contributed by atoms with Crippen molar-refractivity contribution in [2.45, 2.75) is 19.3 Å². The summed E-state index contributed by atoms with van der Waals surface area (Å²) in [5, 5.41) is 23.8. The molecule has 1 aliphatic heterocycles. The summed E-state index contributed by atoms with van der Waals surface area (Å²) in [5.41, 5.74) is 9.34. The minimum absolute atomic E-state index is 0.00516. The van der Waals surface area contributed by atoms with Crippen molar-refractivity contribution in [3.63, 3.8) is 0 Å². The van der Waals surface area contributed by atoms with Crippen LogP contribution >= 0.6 is 0 Å². The number of benzene rings is 1. The van der Waals surface area contributed by atoms with Crippen molar-refractivity contribution >= 4 is 22.9 Å². The van der Waals surface area contributed by atoms with Gasteiger partial charge in [0, 0.05) is 12.1 Å². The monoisotopic (exact) mass is 301 g/mol. The van der Waals surface area contributed by atoms with Crippen molar-refractivity contribution in [3.05, 3.63) is 34.4 Å². The summed E-state index contributed by atoms with van der Waals surface area (Å²) in [6, 6.07) is 7.74. The van der Waals surface area contributed by atoms with Gasteiger partial charge in [0.25, 0.3) is 5.69 Å². The minimum atomic E-state index is -0.476. The molecule has 0 bridgehead atoms. The summed E-state index contributed by atoms with van der Waals surface area (Å²) in [7, 11) is 0. The molecule has 1 fully saturated rings. The van der Waals surface area contributed by atoms with E-state index in [9.17, 15) is 15.4 Å². The Labute approximate surface area is 127 Å². The van der Waals surface area contributed by atoms with Gasteiger partial charge in [0.15, 0.2) is 0 Å². The smallest absolute Gasteiger partial charge is 0.285 e. The van der Waals surface area contributed by atoms with Gasteiger partial charge < -0.3 is 0 Å². The fourth-order valence-corrected chi connectivity index (χ4v) is 2.20. The first kappa shape index (κ1) is 15.4. The van der Waals surface area contributed by atoms with Crippen LogP contribution in [0.5, 0.6) is 0 Å². The van der Waals surface area contributed by atoms with Gasteiger partial charge in [-0.2, -0.15) is 10.4 Å². The van der Waals surface area contributed by atoms with E-state index < -0.39 is 4.92 Å². The molecule has 0 radical (unpaired) electrons. The van der Waals surface area contributed by atoms with Crippen LogP contribution in [0.25, 0.3) is 0 Å². The molecule has 0 unspecified atom stereocenters. The first-order valence-corrected chi connectivity index (χ1v) is 6.98. The van der Waals surface area contributed by atoms with Gasteiger partial charge in [-0.3, -0.25) is 25.8 Å². The Kier molecular flexibility index (Phi) is 5.03. The van der Waals surface area contributed by atoms with Crippen molar-refractivity contribution in [2.75, 3.05) is 18.5 Å². The molecule has 1 saturated heterocycles. The Bertz CT molecular complexity index is 649. The van der Waals surface area contributed by atoms with Gasteiger partial charge in [-0.1, -0.05) is 0 Å². The number of hydrazone groups is 1. The van der Waals surface area contributed by atoms with Crippen LogP contribution < -0.4 is 11.2 Å². The standard InChI is InChI=1S/C14H16N6O2/c15-10-13(14(16)19-8-2-1-3-9-19)18-17-11-4-6-12(7-5-11)20(21)22/h4-7H,1-3,8-9H2,(H2,16,17)/p+1. The number of non-ortho nitro benzene ring substituents is 1. The van der Waals surface area contributed by atoms with Crippen LogP contribution in [-0.4, -0.2) is 34.1 Å². The zero-order chi connectivity index (χ0) is 15.9. The molecular weight excluding hydrogens is 284 g/mol. The van der Waals surface area contributed by atoms with Gasteiger partial charge in [0.05, 0.1) is 23.7 Å². The molecule has 0 aliphatic carbocycles. The Morgan fingerprint density at radius 1 is 1.32 bits per heavy atom. The number of piperidine rings is 1. The van der Waals surface area contributed by atoms with Gasteiger partial charge in [0.2, 0.25) is 5.71 Å². The van der Waals surface area contributed by atoms with Crippen LogP contribution in [-0.2, 0) is 0 Å². The summed E-state index contributed by atoms with van der Waals surface area (Å²) < 4.78 is 1.95. The third kappa shape index (κ3) is 3.79. The highest BCUT2D eigenvalue weighted by molar-refractivity contribution is 6.45. The molecule has 3 N–H and O–H groups in total. The normalized spacial score (nSPS) is 15.0. The van der Waals surface area contributed by atoms with Crippen molar-refractivity contribution in [2.24, 2.45) is 10.8 Å². The Morgan fingerprint density at radius 2 is 1.95 bits per heavy atom. The van der Waals surface area contributed by atoms with Gasteiger partial charge in [-0.05, 0) is 31.4 Å². The van der Waals surface area contributed by atoms with Crippen LogP contribution in [0.1, 0.15) is 19.3 Å². The average Bonchev–Trinajstić information content (AvgIpc) is 2.56. The largest absolute Gasteiger partial charge is 0.306 e. The number of nitrogens with two attached hydrogens (primary N) is 1. The minimum Gasteiger partial charge on any atom is -0.285 e. The molecule has 8 nitrogen and oxygen atoms in total. The molecule has 22 heavy (non-hydrogen) atoms. The van der Waals surface area contributed by atoms with Crippen molar-refractivity contribution in [1.82, 2.24) is 0 Å². The summed E-state index contributed by atoms with van der Waals surface area (Å²) >= 11 is 0. The fraction of sp³-hybridized carbons (Fsp3) is 0.357. The number of nitro groups is 1. The molecule has 0 saturated carbocycles. The van der Waals surface area contributed by atoms with Crippen LogP contribution in [0.15, 0.2) is 29.4 Å². The Hall–Kier alpha value is -2.95. The average molecular weight is 301 g/mol. The van der Waals surface area contributed by atoms with Crippen molar-refractivity contribution in [1.29, 1.82) is 5.26 Å². The van der Waals surface area contributed by atoms with Gasteiger partial charge in [-0.25, -0.2) is 0 Å². The lowest BCUT2D eigenvalue weighted by Crippen LogP contribution is -2.38. The van der Waals surface area contributed by atoms with E-state index in [1.807, 2.05) is 10.6 Å². The number of rotatable bonds is 4. The Morgan fingerprint density at radius 3 is 2.50 bits per heavy atom. The van der Waals surface area contributed by atoms with E-state index >= 15 is 0 Å². The molecule has 1 heterocycles. The van der Waals surface area contributed by atoms with Gasteiger partial charge in [0.1, 0.15) is 6.07 Å². The van der Waals surface area contributed by atoms with Crippen LogP contribution in [0.3, 0.4) is 0 Å². The van der Waals surface area contributed by atoms with E-state index in [2.05, 4.69) is 10.5 Å². The molecule has 1 aromatic rings. The second-order valence-corrected chi connectivity index (χ2v) is 4.92. The number of nitrogens with zero attached hydrogens (tertiary/aromatic N) is 4. The zero-order valence-corrected chi connectivity index (χ0v) is 12.0. The quantitative estimate of drug-likeness (QED) is 0.286. The number of amidine groups is 1. The Balaban J connectivity index is 2.12. The third-order valence-electron chi connectivity index (χ3n) is 3.42. The van der Waals surface area contributed by atoms with Crippen LogP contribution in [0.2, 0.25) is 0 Å². The van der Waals surface area contributed by atoms with Gasteiger partial charge in [-0.15, -0.1) is 0 Å². The zero-order valence-electron chi connectivity index (χ0n) is 12.0. The summed E-state index contributed by atoms with van der Waals surface area (Å²) in [5.74, 6) is 0.358. The van der Waals surface area contributed by atoms with E-state index in [0.717, 1.165) is 25.9 Å². The van der Waals surface area contributed by atoms with Crippen molar-refractivity contribution in [3.8, 4) is 6.07 Å². The number of nitriles is 1. The maximum Gasteiger partial charge on any atom is 0.306 e. The fourth-order valence-electron chi connectivity index (χ4n) is 2.20. The molecular formula is C14H17N6O2+. The predicted molar refractivity (Wildman–Crippen MR) is 82.8 cm³/mol. The lowest BCUT2D eigenvalue weighted by Gasteiger charge is -2.14. The van der Waals surface area contributed by atoms with E-state index in [1.165, 1.54) is 30.7 Å². The summed E-state index contributed by atoms with van der Waals surface area (Å²) in [4.78, 5) is 10.1. The number of anilines is 1. The molecule has 2 rings (SSSR count). The molecule has 0 spiro atoms. The molecule has 0 atom stereocenters. The van der Waals surface area contributed by atoms with Gasteiger partial charge >= 0.3 is 5.84 Å². The summed E-state index contributed by atoms with van der Waals surface area (Å²) in [6.07, 6.45) is 3.27. The maximum absolute atomic E-state index is 10.6. The number of hydrogen-bond acceptors (Lipinski definition) is 5. The first-order valence-electron chi connectivity index (χ1n) is 6.98. The number of nitrogens with one attached hydrogen (secondary N) is 1. The van der Waals surface area contributed by atoms with Crippen LogP contribution in [0, 0.1) is 21.4 Å². The van der Waals surface area contributed by atoms with E-state index in [4.69, 9.17) is 5.73 Å². The van der Waals surface area contributed by atoms with E-state index in [1.54, 1.807) is 0 Å². The highest BCUT2D eigenvalue weighted by Crippen LogP contribution is 2.15. The SMILES string of the molecule is N#C/C(=N\Nc1ccc([N+](=O)[O-])cc1)C(N)=[N+]1CCCCC1. The van der Waals surface area contributed by atoms with Crippen molar-refractivity contribution < 1.29 is 9.50 Å². The lowest BCUT2D eigenvalue weighted by atomic mass is 10.1. The van der Waals surface area contributed by atoms with Crippen LogP contribution in [0.4, 0.5) is 11.4 Å². The molecule has 1 aromatic carbocycles. The number of hydrogen-bond donors (Lipinski definition) is 2.